The molecule has 46 heavy (non-hydrogen) atoms. The number of carbonyl (C=O) groups is 2. The second-order valence-electron chi connectivity index (χ2n) is 10.2. The number of hydrogen-bond donors (Lipinski definition) is 4. The van der Waals surface area contributed by atoms with Crippen molar-refractivity contribution >= 4 is 34.1 Å². The maximum atomic E-state index is 12.5. The monoisotopic (exact) mass is 696 g/mol. The molecular formula is C33H37BrN4O8. The fraction of sp³-hybridized carbons (Fsp3) is 0.303. The Kier molecular flexibility index (Phi) is 11.9. The van der Waals surface area contributed by atoms with Crippen molar-refractivity contribution < 1.29 is 38.4 Å². The van der Waals surface area contributed by atoms with E-state index in [0.717, 1.165) is 15.6 Å². The fourth-order valence-electron chi connectivity index (χ4n) is 4.70. The molecule has 4 rings (SSSR count). The average molecular weight is 698 g/mol. The molecule has 0 aliphatic carbocycles. The summed E-state index contributed by atoms with van der Waals surface area (Å²) < 4.78 is 28.7. The highest BCUT2D eigenvalue weighted by molar-refractivity contribution is 9.10. The van der Waals surface area contributed by atoms with Crippen molar-refractivity contribution in [2.45, 2.75) is 39.6 Å². The number of rotatable bonds is 14. The zero-order valence-electron chi connectivity index (χ0n) is 26.2. The van der Waals surface area contributed by atoms with Gasteiger partial charge in [-0.05, 0) is 72.1 Å². The van der Waals surface area contributed by atoms with Crippen molar-refractivity contribution in [1.82, 2.24) is 16.1 Å². The number of methoxy groups -OCH3 is 2. The van der Waals surface area contributed by atoms with Crippen LogP contribution in [-0.2, 0) is 16.1 Å². The van der Waals surface area contributed by atoms with Crippen LogP contribution in [0.15, 0.2) is 75.4 Å². The first kappa shape index (κ1) is 34.1. The molecule has 12 nitrogen and oxygen atoms in total. The molecule has 13 heteroatoms. The summed E-state index contributed by atoms with van der Waals surface area (Å²) in [4.78, 5) is 24.6. The Morgan fingerprint density at radius 2 is 1.83 bits per heavy atom. The smallest absolute Gasteiger partial charge is 0.337 e. The second-order valence-corrected chi connectivity index (χ2v) is 11.1. The van der Waals surface area contributed by atoms with Crippen LogP contribution in [0.2, 0.25) is 0 Å². The SMILES string of the molecule is CCOc1cc([C@@H]2NC(=O)NC(C)=C2C(=O)OC)ccc1OC[C@H](O)N/N=C\c1cc(OC)c(OCc2cccc(C)c2)cc1Br. The minimum absolute atomic E-state index is 0.163. The molecule has 0 unspecified atom stereocenters. The Balaban J connectivity index is 1.39. The first-order chi connectivity index (χ1) is 22.1. The highest BCUT2D eigenvalue weighted by atomic mass is 79.9. The number of nitrogens with one attached hydrogen (secondary N) is 3. The van der Waals surface area contributed by atoms with Crippen LogP contribution in [0.5, 0.6) is 23.0 Å². The van der Waals surface area contributed by atoms with Gasteiger partial charge in [0.15, 0.2) is 29.2 Å². The number of allylic oxidation sites excluding steroid dienone is 1. The largest absolute Gasteiger partial charge is 0.493 e. The number of aliphatic hydroxyl groups excluding tert-OH is 1. The van der Waals surface area contributed by atoms with Crippen LogP contribution in [0.25, 0.3) is 0 Å². The highest BCUT2D eigenvalue weighted by Gasteiger charge is 2.32. The molecular weight excluding hydrogens is 660 g/mol. The molecule has 0 aromatic heterocycles. The lowest BCUT2D eigenvalue weighted by atomic mass is 9.95. The Morgan fingerprint density at radius 3 is 2.54 bits per heavy atom. The first-order valence-corrected chi connectivity index (χ1v) is 15.2. The van der Waals surface area contributed by atoms with Gasteiger partial charge in [0.1, 0.15) is 13.2 Å². The van der Waals surface area contributed by atoms with Crippen LogP contribution in [0.1, 0.15) is 42.1 Å². The van der Waals surface area contributed by atoms with E-state index in [1.807, 2.05) is 32.0 Å². The maximum Gasteiger partial charge on any atom is 0.337 e. The lowest BCUT2D eigenvalue weighted by molar-refractivity contribution is -0.136. The van der Waals surface area contributed by atoms with E-state index in [0.29, 0.717) is 53.0 Å². The molecule has 1 aliphatic rings. The molecule has 244 valence electrons. The van der Waals surface area contributed by atoms with E-state index in [9.17, 15) is 14.7 Å². The van der Waals surface area contributed by atoms with Gasteiger partial charge in [-0.25, -0.2) is 9.59 Å². The van der Waals surface area contributed by atoms with Crippen LogP contribution >= 0.6 is 15.9 Å². The number of esters is 1. The van der Waals surface area contributed by atoms with Crippen molar-refractivity contribution in [1.29, 1.82) is 0 Å². The molecule has 3 aromatic carbocycles. The summed E-state index contributed by atoms with van der Waals surface area (Å²) in [5.74, 6) is 1.24. The van der Waals surface area contributed by atoms with E-state index >= 15 is 0 Å². The summed E-state index contributed by atoms with van der Waals surface area (Å²) >= 11 is 3.55. The number of hydrazone groups is 1. The summed E-state index contributed by atoms with van der Waals surface area (Å²) in [7, 11) is 2.83. The molecule has 0 saturated carbocycles. The van der Waals surface area contributed by atoms with E-state index in [4.69, 9.17) is 23.7 Å². The Bertz CT molecular complexity index is 1630. The Labute approximate surface area is 275 Å². The normalized spacial score (nSPS) is 15.1. The minimum Gasteiger partial charge on any atom is -0.493 e. The average Bonchev–Trinajstić information content (AvgIpc) is 3.03. The van der Waals surface area contributed by atoms with Gasteiger partial charge < -0.3 is 39.4 Å². The molecule has 2 amide bonds. The number of carbonyl (C=O) groups excluding carboxylic acids is 2. The molecule has 1 heterocycles. The van der Waals surface area contributed by atoms with Crippen LogP contribution in [0.4, 0.5) is 4.79 Å². The third kappa shape index (κ3) is 8.70. The molecule has 0 fully saturated rings. The molecule has 3 aromatic rings. The van der Waals surface area contributed by atoms with Gasteiger partial charge in [-0.2, -0.15) is 5.10 Å². The van der Waals surface area contributed by atoms with Crippen molar-refractivity contribution in [3.8, 4) is 23.0 Å². The summed E-state index contributed by atoms with van der Waals surface area (Å²) in [5.41, 5.74) is 6.77. The van der Waals surface area contributed by atoms with Crippen LogP contribution < -0.4 is 35.0 Å². The minimum atomic E-state index is -1.16. The summed E-state index contributed by atoms with van der Waals surface area (Å²) in [6.45, 7) is 6.03. The molecule has 2 atom stereocenters. The third-order valence-electron chi connectivity index (χ3n) is 6.86. The molecule has 0 bridgehead atoms. The van der Waals surface area contributed by atoms with Crippen LogP contribution in [-0.4, -0.2) is 57.0 Å². The predicted molar refractivity (Wildman–Crippen MR) is 175 cm³/mol. The standard InChI is InChI=1S/C33H37BrN4O8/c1-6-44-27-13-22(31-30(32(40)43-5)20(3)36-33(41)37-31)10-11-25(27)46-18-29(39)38-35-16-23-14-26(42-4)28(15-24(23)34)45-17-21-9-7-8-19(2)12-21/h7-16,29,31,38-39H,6,17-18H2,1-5H3,(H2,36,37,41)/b35-16-/t29-,31-/m0/s1. The van der Waals surface area contributed by atoms with Crippen molar-refractivity contribution in [2.24, 2.45) is 5.10 Å². The second kappa shape index (κ2) is 16.0. The summed E-state index contributed by atoms with van der Waals surface area (Å²) in [6, 6.07) is 15.4. The quantitative estimate of drug-likeness (QED) is 0.0802. The topological polar surface area (TPSA) is 149 Å². The number of halogens is 1. The number of hydrogen-bond acceptors (Lipinski definition) is 10. The Morgan fingerprint density at radius 1 is 1.04 bits per heavy atom. The molecule has 4 N–H and O–H groups in total. The fourth-order valence-corrected chi connectivity index (χ4v) is 5.12. The lowest BCUT2D eigenvalue weighted by Gasteiger charge is -2.28. The van der Waals surface area contributed by atoms with Crippen LogP contribution in [0, 0.1) is 6.92 Å². The number of aliphatic hydroxyl groups is 1. The van der Waals surface area contributed by atoms with Gasteiger partial charge in [0.05, 0.1) is 38.7 Å². The van der Waals surface area contributed by atoms with Gasteiger partial charge in [-0.3, -0.25) is 5.43 Å². The number of amides is 2. The summed E-state index contributed by atoms with van der Waals surface area (Å²) in [5, 5.41) is 20.0. The molecule has 1 aliphatic heterocycles. The summed E-state index contributed by atoms with van der Waals surface area (Å²) in [6.07, 6.45) is 0.366. The molecule has 0 saturated heterocycles. The number of ether oxygens (including phenoxy) is 5. The van der Waals surface area contributed by atoms with Crippen molar-refractivity contribution in [3.05, 3.63) is 92.6 Å². The first-order valence-electron chi connectivity index (χ1n) is 14.4. The third-order valence-corrected chi connectivity index (χ3v) is 7.55. The lowest BCUT2D eigenvalue weighted by Crippen LogP contribution is -2.45. The van der Waals surface area contributed by atoms with Crippen molar-refractivity contribution in [2.75, 3.05) is 27.4 Å². The number of urea groups is 1. The predicted octanol–water partition coefficient (Wildman–Crippen LogP) is 4.87. The maximum absolute atomic E-state index is 12.5. The number of aryl methyl sites for hydroxylation is 1. The molecule has 0 radical (unpaired) electrons. The highest BCUT2D eigenvalue weighted by Crippen LogP contribution is 2.35. The van der Waals surface area contributed by atoms with Gasteiger partial charge in [-0.15, -0.1) is 0 Å². The zero-order valence-corrected chi connectivity index (χ0v) is 27.8. The van der Waals surface area contributed by atoms with Gasteiger partial charge in [0, 0.05) is 15.7 Å². The van der Waals surface area contributed by atoms with E-state index < -0.39 is 24.3 Å². The number of benzene rings is 3. The van der Waals surface area contributed by atoms with Gasteiger partial charge >= 0.3 is 12.0 Å². The van der Waals surface area contributed by atoms with Crippen molar-refractivity contribution in [3.63, 3.8) is 0 Å². The Hall–Kier alpha value is -4.75. The van der Waals surface area contributed by atoms with Crippen LogP contribution in [0.3, 0.4) is 0 Å². The van der Waals surface area contributed by atoms with E-state index in [1.54, 1.807) is 44.4 Å². The van der Waals surface area contributed by atoms with E-state index in [-0.39, 0.29) is 12.2 Å². The number of nitrogens with zero attached hydrogens (tertiary/aromatic N) is 1. The van der Waals surface area contributed by atoms with Gasteiger partial charge in [0.25, 0.3) is 0 Å². The van der Waals surface area contributed by atoms with Gasteiger partial charge in [0.2, 0.25) is 0 Å². The zero-order chi connectivity index (χ0) is 33.2. The van der Waals surface area contributed by atoms with E-state index in [1.165, 1.54) is 13.3 Å². The van der Waals surface area contributed by atoms with E-state index in [2.05, 4.69) is 43.2 Å². The van der Waals surface area contributed by atoms with Gasteiger partial charge in [-0.1, -0.05) is 35.9 Å². The molecule has 0 spiro atoms.